The zero-order valence-electron chi connectivity index (χ0n) is 16.6. The molecule has 3 aromatic rings. The number of fused-ring (bicyclic) bond motifs is 1. The maximum absolute atomic E-state index is 12.5. The summed E-state index contributed by atoms with van der Waals surface area (Å²) in [5.74, 6) is -0.196. The first-order chi connectivity index (χ1) is 13.9. The third kappa shape index (κ3) is 5.42. The highest BCUT2D eigenvalue weighted by Gasteiger charge is 2.08. The number of aromatic amines is 1. The standard InChI is InChI=1S/C22H25N3O4/c1-15(2)29-14-17-9-7-16(8-10-17)13-23-20(26)11-12-25-22(28)19-6-4-3-5-18(19)21(27)24-25/h3-10,15H,11-14H2,1-2H3,(H,23,26)(H,24,27). The lowest BCUT2D eigenvalue weighted by Crippen LogP contribution is -2.32. The predicted molar refractivity (Wildman–Crippen MR) is 112 cm³/mol. The van der Waals surface area contributed by atoms with E-state index in [4.69, 9.17) is 4.74 Å². The van der Waals surface area contributed by atoms with Crippen molar-refractivity contribution in [2.75, 3.05) is 0 Å². The fourth-order valence-corrected chi connectivity index (χ4v) is 2.92. The van der Waals surface area contributed by atoms with E-state index in [0.29, 0.717) is 23.9 Å². The molecule has 3 rings (SSSR count). The van der Waals surface area contributed by atoms with Gasteiger partial charge in [-0.1, -0.05) is 36.4 Å². The predicted octanol–water partition coefficient (Wildman–Crippen LogP) is 2.32. The van der Waals surface area contributed by atoms with Gasteiger partial charge in [0.1, 0.15) is 0 Å². The molecule has 1 heterocycles. The van der Waals surface area contributed by atoms with E-state index in [1.807, 2.05) is 38.1 Å². The van der Waals surface area contributed by atoms with Crippen molar-refractivity contribution in [1.82, 2.24) is 15.1 Å². The van der Waals surface area contributed by atoms with Gasteiger partial charge >= 0.3 is 0 Å². The van der Waals surface area contributed by atoms with Crippen LogP contribution < -0.4 is 16.4 Å². The van der Waals surface area contributed by atoms with Crippen LogP contribution >= 0.6 is 0 Å². The van der Waals surface area contributed by atoms with Gasteiger partial charge in [-0.15, -0.1) is 0 Å². The number of rotatable bonds is 8. The zero-order chi connectivity index (χ0) is 20.8. The number of aryl methyl sites for hydroxylation is 1. The zero-order valence-corrected chi connectivity index (χ0v) is 16.6. The molecular weight excluding hydrogens is 370 g/mol. The molecule has 0 radical (unpaired) electrons. The molecule has 1 amide bonds. The van der Waals surface area contributed by atoms with Gasteiger partial charge in [0, 0.05) is 13.0 Å². The van der Waals surface area contributed by atoms with Crippen molar-refractivity contribution in [1.29, 1.82) is 0 Å². The lowest BCUT2D eigenvalue weighted by atomic mass is 10.1. The third-order valence-corrected chi connectivity index (χ3v) is 4.54. The maximum Gasteiger partial charge on any atom is 0.273 e. The van der Waals surface area contributed by atoms with E-state index >= 15 is 0 Å². The van der Waals surface area contributed by atoms with Gasteiger partial charge in [-0.3, -0.25) is 19.5 Å². The number of nitrogens with zero attached hydrogens (tertiary/aromatic N) is 1. The monoisotopic (exact) mass is 395 g/mol. The van der Waals surface area contributed by atoms with Gasteiger partial charge in [-0.25, -0.2) is 4.68 Å². The van der Waals surface area contributed by atoms with E-state index in [9.17, 15) is 14.4 Å². The number of amides is 1. The Balaban J connectivity index is 1.54. The summed E-state index contributed by atoms with van der Waals surface area (Å²) < 4.78 is 6.75. The largest absolute Gasteiger partial charge is 0.374 e. The Kier molecular flexibility index (Phi) is 6.61. The summed E-state index contributed by atoms with van der Waals surface area (Å²) >= 11 is 0. The summed E-state index contributed by atoms with van der Waals surface area (Å²) in [6.45, 7) is 5.05. The summed E-state index contributed by atoms with van der Waals surface area (Å²) in [5.41, 5.74) is 1.39. The molecule has 0 saturated heterocycles. The van der Waals surface area contributed by atoms with E-state index < -0.39 is 0 Å². The minimum atomic E-state index is -0.345. The number of aromatic nitrogens is 2. The molecule has 0 bridgehead atoms. The normalized spacial score (nSPS) is 11.1. The molecule has 0 fully saturated rings. The van der Waals surface area contributed by atoms with Crippen LogP contribution in [0.15, 0.2) is 58.1 Å². The lowest BCUT2D eigenvalue weighted by molar-refractivity contribution is -0.121. The molecular formula is C22H25N3O4. The first kappa shape index (κ1) is 20.5. The van der Waals surface area contributed by atoms with Crippen LogP contribution in [0.2, 0.25) is 0 Å². The van der Waals surface area contributed by atoms with Gasteiger partial charge in [-0.2, -0.15) is 0 Å². The van der Waals surface area contributed by atoms with Crippen molar-refractivity contribution in [3.63, 3.8) is 0 Å². The third-order valence-electron chi connectivity index (χ3n) is 4.54. The van der Waals surface area contributed by atoms with Crippen molar-refractivity contribution in [3.8, 4) is 0 Å². The van der Waals surface area contributed by atoms with E-state index in [1.165, 1.54) is 4.68 Å². The van der Waals surface area contributed by atoms with Crippen LogP contribution in [0, 0.1) is 0 Å². The first-order valence-corrected chi connectivity index (χ1v) is 9.62. The average molecular weight is 395 g/mol. The fraction of sp³-hybridized carbons (Fsp3) is 0.318. The average Bonchev–Trinajstić information content (AvgIpc) is 2.73. The molecule has 0 aliphatic rings. The summed E-state index contributed by atoms with van der Waals surface area (Å²) in [6, 6.07) is 14.5. The maximum atomic E-state index is 12.5. The highest BCUT2D eigenvalue weighted by molar-refractivity contribution is 5.80. The topological polar surface area (TPSA) is 93.2 Å². The van der Waals surface area contributed by atoms with Crippen molar-refractivity contribution < 1.29 is 9.53 Å². The number of hydrogen-bond donors (Lipinski definition) is 2. The molecule has 0 aliphatic carbocycles. The van der Waals surface area contributed by atoms with Crippen molar-refractivity contribution in [3.05, 3.63) is 80.4 Å². The summed E-state index contributed by atoms with van der Waals surface area (Å²) in [6.07, 6.45) is 0.271. The van der Waals surface area contributed by atoms with E-state index in [1.54, 1.807) is 24.3 Å². The molecule has 7 heteroatoms. The minimum absolute atomic E-state index is 0.0918. The Bertz CT molecular complexity index is 1100. The van der Waals surface area contributed by atoms with E-state index in [0.717, 1.165) is 11.1 Å². The van der Waals surface area contributed by atoms with Crippen molar-refractivity contribution >= 4 is 16.7 Å². The lowest BCUT2D eigenvalue weighted by Gasteiger charge is -2.10. The molecule has 2 N–H and O–H groups in total. The Labute approximate surface area is 168 Å². The first-order valence-electron chi connectivity index (χ1n) is 9.62. The van der Waals surface area contributed by atoms with Crippen LogP contribution in [0.3, 0.4) is 0 Å². The number of nitrogens with one attached hydrogen (secondary N) is 2. The van der Waals surface area contributed by atoms with Crippen molar-refractivity contribution in [2.45, 2.75) is 46.1 Å². The molecule has 0 unspecified atom stereocenters. The van der Waals surface area contributed by atoms with Crippen LogP contribution in [0.4, 0.5) is 0 Å². The Hall–Kier alpha value is -3.19. The molecule has 152 valence electrons. The highest BCUT2D eigenvalue weighted by atomic mass is 16.5. The molecule has 0 atom stereocenters. The number of benzene rings is 2. The van der Waals surface area contributed by atoms with Crippen molar-refractivity contribution in [2.24, 2.45) is 0 Å². The molecule has 0 spiro atoms. The van der Waals surface area contributed by atoms with Gasteiger partial charge in [0.05, 0.1) is 30.0 Å². The number of H-pyrrole nitrogens is 1. The second kappa shape index (κ2) is 9.34. The Morgan fingerprint density at radius 2 is 1.69 bits per heavy atom. The minimum Gasteiger partial charge on any atom is -0.374 e. The molecule has 2 aromatic carbocycles. The van der Waals surface area contributed by atoms with E-state index in [2.05, 4.69) is 10.4 Å². The molecule has 1 aromatic heterocycles. The molecule has 0 aliphatic heterocycles. The van der Waals surface area contributed by atoms with Crippen LogP contribution in [0.5, 0.6) is 0 Å². The number of hydrogen-bond acceptors (Lipinski definition) is 4. The second-order valence-electron chi connectivity index (χ2n) is 7.15. The van der Waals surface area contributed by atoms with Gasteiger partial charge in [0.15, 0.2) is 0 Å². The smallest absolute Gasteiger partial charge is 0.273 e. The SMILES string of the molecule is CC(C)OCc1ccc(CNC(=O)CCn2[nH]c(=O)c3ccccc3c2=O)cc1. The number of carbonyl (C=O) groups is 1. The van der Waals surface area contributed by atoms with Gasteiger partial charge in [0.2, 0.25) is 5.91 Å². The second-order valence-corrected chi connectivity index (χ2v) is 7.15. The van der Waals surface area contributed by atoms with Gasteiger partial charge in [0.25, 0.3) is 11.1 Å². The molecule has 29 heavy (non-hydrogen) atoms. The number of carbonyl (C=O) groups excluding carboxylic acids is 1. The van der Waals surface area contributed by atoms with Crippen LogP contribution in [-0.2, 0) is 29.2 Å². The molecule has 7 nitrogen and oxygen atoms in total. The van der Waals surface area contributed by atoms with Gasteiger partial charge in [-0.05, 0) is 37.1 Å². The number of ether oxygens (including phenoxy) is 1. The Morgan fingerprint density at radius 3 is 2.38 bits per heavy atom. The fourth-order valence-electron chi connectivity index (χ4n) is 2.92. The van der Waals surface area contributed by atoms with Gasteiger partial charge < -0.3 is 10.1 Å². The Morgan fingerprint density at radius 1 is 1.03 bits per heavy atom. The quantitative estimate of drug-likeness (QED) is 0.612. The van der Waals surface area contributed by atoms with E-state index in [-0.39, 0.29) is 36.1 Å². The van der Waals surface area contributed by atoms with Crippen LogP contribution in [0.1, 0.15) is 31.4 Å². The van der Waals surface area contributed by atoms with Crippen LogP contribution in [-0.4, -0.2) is 21.8 Å². The summed E-state index contributed by atoms with van der Waals surface area (Å²) in [4.78, 5) is 36.7. The summed E-state index contributed by atoms with van der Waals surface area (Å²) in [7, 11) is 0. The molecule has 0 saturated carbocycles. The highest BCUT2D eigenvalue weighted by Crippen LogP contribution is 2.07. The summed E-state index contributed by atoms with van der Waals surface area (Å²) in [5, 5.41) is 6.06. The van der Waals surface area contributed by atoms with Crippen LogP contribution in [0.25, 0.3) is 10.8 Å².